The second-order valence-electron chi connectivity index (χ2n) is 14.4. The Morgan fingerprint density at radius 2 is 1.66 bits per heavy atom. The minimum atomic E-state index is -0.277. The lowest BCUT2D eigenvalue weighted by Gasteiger charge is -2.61. The molecule has 0 bridgehead atoms. The van der Waals surface area contributed by atoms with E-state index in [1.165, 1.54) is 63.4 Å². The minimum Gasteiger partial charge on any atom is -0.459 e. The minimum absolute atomic E-state index is 0.00936. The molecule has 0 saturated heterocycles. The van der Waals surface area contributed by atoms with Crippen LogP contribution in [0.3, 0.4) is 0 Å². The number of hydrogen-bond donors (Lipinski definition) is 2. The molecule has 0 aliphatic heterocycles. The maximum Gasteiger partial charge on any atom is 0.338 e. The number of nitrogen functional groups attached to an aromatic ring is 2. The summed E-state index contributed by atoms with van der Waals surface area (Å²) in [6, 6.07) is 5.04. The fourth-order valence-electron chi connectivity index (χ4n) is 10.2. The Kier molecular flexibility index (Phi) is 7.66. The molecule has 0 radical (unpaired) electrons. The van der Waals surface area contributed by atoms with Crippen molar-refractivity contribution < 1.29 is 9.53 Å². The zero-order valence-electron chi connectivity index (χ0n) is 24.6. The van der Waals surface area contributed by atoms with E-state index in [2.05, 4.69) is 40.7 Å². The second-order valence-corrected chi connectivity index (χ2v) is 14.4. The van der Waals surface area contributed by atoms with Crippen LogP contribution < -0.4 is 11.5 Å². The van der Waals surface area contributed by atoms with Gasteiger partial charge < -0.3 is 16.2 Å². The molecule has 4 N–H and O–H groups in total. The lowest BCUT2D eigenvalue weighted by molar-refractivity contribution is -0.134. The van der Waals surface area contributed by atoms with Crippen molar-refractivity contribution >= 4 is 17.3 Å². The van der Waals surface area contributed by atoms with Crippen LogP contribution in [0.2, 0.25) is 0 Å². The van der Waals surface area contributed by atoms with Gasteiger partial charge >= 0.3 is 5.97 Å². The van der Waals surface area contributed by atoms with E-state index < -0.39 is 0 Å². The van der Waals surface area contributed by atoms with Crippen molar-refractivity contribution in [3.63, 3.8) is 0 Å². The van der Waals surface area contributed by atoms with E-state index in [-0.39, 0.29) is 17.5 Å². The van der Waals surface area contributed by atoms with Gasteiger partial charge in [0.2, 0.25) is 0 Å². The standard InChI is InChI=1S/C34H52N2O2/c1-21(2)7-6-8-22(3)29-13-14-30-28-12-10-24-9-11-27(20-34(24,5)31(28)15-16-33(29,30)4)38-32(37)23-17-25(35)19-26(36)18-23/h7,17-19,22,24,27-31H,6,8-16,20,35-36H2,1-5H3. The Morgan fingerprint density at radius 3 is 2.37 bits per heavy atom. The van der Waals surface area contributed by atoms with Gasteiger partial charge in [-0.3, -0.25) is 0 Å². The number of carbonyl (C=O) groups excluding carboxylic acids is 1. The number of ether oxygens (including phenoxy) is 1. The molecular weight excluding hydrogens is 468 g/mol. The first-order chi connectivity index (χ1) is 18.0. The van der Waals surface area contributed by atoms with E-state index in [1.807, 2.05) is 0 Å². The molecule has 210 valence electrons. The van der Waals surface area contributed by atoms with Gasteiger partial charge in [0.1, 0.15) is 6.10 Å². The predicted octanol–water partition coefficient (Wildman–Crippen LogP) is 8.42. The first-order valence-electron chi connectivity index (χ1n) is 15.5. The monoisotopic (exact) mass is 520 g/mol. The fourth-order valence-corrected chi connectivity index (χ4v) is 10.2. The normalized spacial score (nSPS) is 38.9. The number of hydrogen-bond acceptors (Lipinski definition) is 4. The lowest BCUT2D eigenvalue weighted by Crippen LogP contribution is -2.54. The summed E-state index contributed by atoms with van der Waals surface area (Å²) in [4.78, 5) is 13.0. The molecule has 0 amide bonds. The van der Waals surface area contributed by atoms with Crippen molar-refractivity contribution in [1.82, 2.24) is 0 Å². The molecule has 9 atom stereocenters. The number of rotatable bonds is 6. The van der Waals surface area contributed by atoms with E-state index in [0.29, 0.717) is 22.4 Å². The molecule has 4 aliphatic carbocycles. The summed E-state index contributed by atoms with van der Waals surface area (Å²) in [5.41, 5.74) is 15.6. The molecule has 4 nitrogen and oxygen atoms in total. The van der Waals surface area contributed by atoms with Gasteiger partial charge in [-0.2, -0.15) is 0 Å². The Bertz CT molecular complexity index is 1040. The average molecular weight is 521 g/mol. The van der Waals surface area contributed by atoms with E-state index in [0.717, 1.165) is 48.3 Å². The summed E-state index contributed by atoms with van der Waals surface area (Å²) >= 11 is 0. The van der Waals surface area contributed by atoms with Gasteiger partial charge in [-0.05, 0) is 149 Å². The third-order valence-corrected chi connectivity index (χ3v) is 12.0. The molecule has 4 aliphatic rings. The Balaban J connectivity index is 1.28. The highest BCUT2D eigenvalue weighted by atomic mass is 16.5. The van der Waals surface area contributed by atoms with E-state index in [4.69, 9.17) is 16.2 Å². The van der Waals surface area contributed by atoms with Crippen LogP contribution in [0.25, 0.3) is 0 Å². The van der Waals surface area contributed by atoms with Crippen LogP contribution in [0.5, 0.6) is 0 Å². The van der Waals surface area contributed by atoms with Crippen LogP contribution in [0.4, 0.5) is 11.4 Å². The molecule has 9 unspecified atom stereocenters. The molecule has 0 spiro atoms. The quantitative estimate of drug-likeness (QED) is 0.224. The number of fused-ring (bicyclic) bond motifs is 5. The second kappa shape index (κ2) is 10.5. The largest absolute Gasteiger partial charge is 0.459 e. The molecule has 1 aromatic carbocycles. The van der Waals surface area contributed by atoms with Crippen molar-refractivity contribution in [3.05, 3.63) is 35.4 Å². The van der Waals surface area contributed by atoms with E-state index in [9.17, 15) is 4.79 Å². The van der Waals surface area contributed by atoms with Crippen molar-refractivity contribution in [1.29, 1.82) is 0 Å². The third-order valence-electron chi connectivity index (χ3n) is 12.0. The highest BCUT2D eigenvalue weighted by molar-refractivity contribution is 5.91. The summed E-state index contributed by atoms with van der Waals surface area (Å²) in [6.45, 7) is 12.2. The maximum atomic E-state index is 13.0. The average Bonchev–Trinajstić information content (AvgIpc) is 3.20. The number of allylic oxidation sites excluding steroid dienone is 2. The molecule has 1 aromatic rings. The van der Waals surface area contributed by atoms with Crippen LogP contribution in [0, 0.1) is 46.3 Å². The van der Waals surface area contributed by atoms with Crippen molar-refractivity contribution in [2.75, 3.05) is 11.5 Å². The van der Waals surface area contributed by atoms with Gasteiger partial charge in [-0.15, -0.1) is 0 Å². The number of anilines is 2. The smallest absolute Gasteiger partial charge is 0.338 e. The SMILES string of the molecule is CC(C)=CCCC(C)C1CCC2C3CCC4CCC(OC(=O)c5cc(N)cc(N)c5)CC4(C)C3CCC12C. The summed E-state index contributed by atoms with van der Waals surface area (Å²) in [6.07, 6.45) is 16.5. The van der Waals surface area contributed by atoms with Crippen LogP contribution in [0.1, 0.15) is 116 Å². The van der Waals surface area contributed by atoms with Gasteiger partial charge in [-0.25, -0.2) is 4.79 Å². The zero-order valence-corrected chi connectivity index (χ0v) is 24.6. The molecule has 4 heteroatoms. The van der Waals surface area contributed by atoms with Crippen molar-refractivity contribution in [2.45, 2.75) is 111 Å². The molecule has 38 heavy (non-hydrogen) atoms. The molecule has 0 heterocycles. The first kappa shape index (κ1) is 27.6. The molecular formula is C34H52N2O2. The molecule has 0 aromatic heterocycles. The fraction of sp³-hybridized carbons (Fsp3) is 0.735. The number of nitrogens with two attached hydrogens (primary N) is 2. The Hall–Kier alpha value is -1.97. The van der Waals surface area contributed by atoms with Crippen LogP contribution in [-0.2, 0) is 4.74 Å². The first-order valence-corrected chi connectivity index (χ1v) is 15.5. The summed E-state index contributed by atoms with van der Waals surface area (Å²) in [7, 11) is 0. The van der Waals surface area contributed by atoms with Gasteiger partial charge in [-0.1, -0.05) is 32.4 Å². The Labute approximate surface area is 231 Å². The van der Waals surface area contributed by atoms with Crippen LogP contribution in [0.15, 0.2) is 29.8 Å². The predicted molar refractivity (Wildman–Crippen MR) is 158 cm³/mol. The van der Waals surface area contributed by atoms with Crippen LogP contribution >= 0.6 is 0 Å². The lowest BCUT2D eigenvalue weighted by atomic mass is 9.44. The summed E-state index contributed by atoms with van der Waals surface area (Å²) in [5.74, 6) is 4.65. The number of benzene rings is 1. The van der Waals surface area contributed by atoms with E-state index >= 15 is 0 Å². The van der Waals surface area contributed by atoms with Gasteiger partial charge in [0, 0.05) is 11.4 Å². The molecule has 5 rings (SSSR count). The third kappa shape index (κ3) is 5.02. The maximum absolute atomic E-state index is 13.0. The van der Waals surface area contributed by atoms with Crippen molar-refractivity contribution in [2.24, 2.45) is 46.3 Å². The summed E-state index contributed by atoms with van der Waals surface area (Å²) < 4.78 is 6.14. The number of esters is 1. The van der Waals surface area contributed by atoms with Crippen LogP contribution in [-0.4, -0.2) is 12.1 Å². The van der Waals surface area contributed by atoms with Gasteiger partial charge in [0.25, 0.3) is 0 Å². The zero-order chi connectivity index (χ0) is 27.2. The van der Waals surface area contributed by atoms with Gasteiger partial charge in [0.05, 0.1) is 5.56 Å². The summed E-state index contributed by atoms with van der Waals surface area (Å²) in [5, 5.41) is 0. The highest BCUT2D eigenvalue weighted by Gasteiger charge is 2.60. The molecule has 4 saturated carbocycles. The number of carbonyl (C=O) groups is 1. The van der Waals surface area contributed by atoms with Crippen molar-refractivity contribution in [3.8, 4) is 0 Å². The van der Waals surface area contributed by atoms with E-state index in [1.54, 1.807) is 18.2 Å². The topological polar surface area (TPSA) is 78.3 Å². The Morgan fingerprint density at radius 1 is 0.974 bits per heavy atom. The molecule has 4 fully saturated rings. The van der Waals surface area contributed by atoms with Gasteiger partial charge in [0.15, 0.2) is 0 Å². The highest BCUT2D eigenvalue weighted by Crippen LogP contribution is 2.68.